The number of nitrogens with zero attached hydrogens (tertiary/aromatic N) is 2. The third-order valence-electron chi connectivity index (χ3n) is 4.15. The minimum Gasteiger partial charge on any atom is -0.357 e. The average molecular weight is 480 g/mol. The number of halogens is 1. The van der Waals surface area contributed by atoms with Crippen molar-refractivity contribution in [2.75, 3.05) is 32.7 Å². The lowest BCUT2D eigenvalue weighted by Gasteiger charge is -2.30. The normalized spacial score (nSPS) is 15.9. The Labute approximate surface area is 168 Å². The molecule has 1 aromatic carbocycles. The van der Waals surface area contributed by atoms with Crippen LogP contribution in [0.3, 0.4) is 0 Å². The fourth-order valence-electron chi connectivity index (χ4n) is 2.80. The van der Waals surface area contributed by atoms with Crippen LogP contribution in [0, 0.1) is 5.92 Å². The lowest BCUT2D eigenvalue weighted by atomic mass is 9.98. The highest BCUT2D eigenvalue weighted by Gasteiger charge is 2.29. The highest BCUT2D eigenvalue weighted by Crippen LogP contribution is 2.23. The van der Waals surface area contributed by atoms with Crippen molar-refractivity contribution in [3.63, 3.8) is 0 Å². The molecule has 1 aliphatic heterocycles. The smallest absolute Gasteiger partial charge is 0.243 e. The monoisotopic (exact) mass is 480 g/mol. The second kappa shape index (κ2) is 11.0. The number of piperidine rings is 1. The second-order valence-electron chi connectivity index (χ2n) is 5.91. The Morgan fingerprint density at radius 3 is 2.20 bits per heavy atom. The van der Waals surface area contributed by atoms with Crippen LogP contribution in [0.15, 0.2) is 40.2 Å². The summed E-state index contributed by atoms with van der Waals surface area (Å²) in [5, 5.41) is 6.42. The molecule has 142 valence electrons. The lowest BCUT2D eigenvalue weighted by Crippen LogP contribution is -2.40. The van der Waals surface area contributed by atoms with Gasteiger partial charge in [-0.1, -0.05) is 18.2 Å². The summed E-state index contributed by atoms with van der Waals surface area (Å²) in [5.74, 6) is 1.26. The maximum Gasteiger partial charge on any atom is 0.243 e. The first-order valence-electron chi connectivity index (χ1n) is 8.65. The fourth-order valence-corrected chi connectivity index (χ4v) is 4.29. The van der Waals surface area contributed by atoms with Crippen LogP contribution in [-0.4, -0.2) is 51.4 Å². The van der Waals surface area contributed by atoms with Crippen LogP contribution in [0.5, 0.6) is 0 Å². The largest absolute Gasteiger partial charge is 0.357 e. The average Bonchev–Trinajstić information content (AvgIpc) is 2.61. The van der Waals surface area contributed by atoms with Crippen LogP contribution in [-0.2, 0) is 10.0 Å². The number of benzene rings is 1. The maximum atomic E-state index is 12.6. The predicted octanol–water partition coefficient (Wildman–Crippen LogP) is 2.28. The van der Waals surface area contributed by atoms with Crippen molar-refractivity contribution in [1.29, 1.82) is 0 Å². The van der Waals surface area contributed by atoms with E-state index in [1.54, 1.807) is 28.6 Å². The van der Waals surface area contributed by atoms with Crippen LogP contribution in [0.2, 0.25) is 0 Å². The van der Waals surface area contributed by atoms with E-state index in [2.05, 4.69) is 15.6 Å². The van der Waals surface area contributed by atoms with Crippen LogP contribution in [0.1, 0.15) is 26.7 Å². The lowest BCUT2D eigenvalue weighted by molar-refractivity contribution is 0.278. The molecule has 1 fully saturated rings. The molecule has 0 amide bonds. The molecule has 0 bridgehead atoms. The topological polar surface area (TPSA) is 73.8 Å². The van der Waals surface area contributed by atoms with Crippen molar-refractivity contribution in [2.24, 2.45) is 10.9 Å². The summed E-state index contributed by atoms with van der Waals surface area (Å²) in [6.07, 6.45) is 1.70. The molecule has 0 aromatic heterocycles. The van der Waals surface area contributed by atoms with Gasteiger partial charge in [0, 0.05) is 32.7 Å². The quantitative estimate of drug-likeness (QED) is 0.372. The van der Waals surface area contributed by atoms with Gasteiger partial charge in [-0.2, -0.15) is 4.31 Å². The fraction of sp³-hybridized carbons (Fsp3) is 0.588. The van der Waals surface area contributed by atoms with E-state index in [1.807, 2.05) is 19.9 Å². The van der Waals surface area contributed by atoms with Crippen molar-refractivity contribution in [1.82, 2.24) is 14.9 Å². The van der Waals surface area contributed by atoms with E-state index in [4.69, 9.17) is 0 Å². The van der Waals surface area contributed by atoms with Crippen molar-refractivity contribution in [3.05, 3.63) is 30.3 Å². The van der Waals surface area contributed by atoms with Crippen molar-refractivity contribution in [3.8, 4) is 0 Å². The van der Waals surface area contributed by atoms with Gasteiger partial charge in [0.1, 0.15) is 0 Å². The number of hydrogen-bond donors (Lipinski definition) is 2. The van der Waals surface area contributed by atoms with E-state index in [0.717, 1.165) is 38.4 Å². The minimum atomic E-state index is -3.36. The molecule has 1 aromatic rings. The number of nitrogens with one attached hydrogen (secondary N) is 2. The molecule has 0 aliphatic carbocycles. The minimum absolute atomic E-state index is 0. The molecule has 0 radical (unpaired) electrons. The zero-order chi connectivity index (χ0) is 17.4. The molecule has 1 heterocycles. The molecular formula is C17H29IN4O2S. The summed E-state index contributed by atoms with van der Waals surface area (Å²) in [7, 11) is -3.36. The van der Waals surface area contributed by atoms with E-state index in [0.29, 0.717) is 23.9 Å². The van der Waals surface area contributed by atoms with E-state index in [9.17, 15) is 8.42 Å². The van der Waals surface area contributed by atoms with Crippen LogP contribution in [0.25, 0.3) is 0 Å². The summed E-state index contributed by atoms with van der Waals surface area (Å²) in [6, 6.07) is 8.67. The van der Waals surface area contributed by atoms with Crippen molar-refractivity contribution >= 4 is 40.0 Å². The first-order valence-corrected chi connectivity index (χ1v) is 10.1. The van der Waals surface area contributed by atoms with E-state index >= 15 is 0 Å². The van der Waals surface area contributed by atoms with E-state index in [-0.39, 0.29) is 24.0 Å². The number of guanidine groups is 1. The van der Waals surface area contributed by atoms with Crippen LogP contribution < -0.4 is 10.6 Å². The summed E-state index contributed by atoms with van der Waals surface area (Å²) < 4.78 is 26.8. The molecule has 0 unspecified atom stereocenters. The Bertz CT molecular complexity index is 621. The molecule has 2 N–H and O–H groups in total. The molecule has 2 rings (SSSR count). The van der Waals surface area contributed by atoms with E-state index in [1.165, 1.54) is 0 Å². The molecule has 0 saturated carbocycles. The SMILES string of the molecule is CCNC(=NCC1CCN(S(=O)(=O)c2ccccc2)CC1)NCC.I. The molecule has 0 atom stereocenters. The van der Waals surface area contributed by atoms with Crippen molar-refractivity contribution in [2.45, 2.75) is 31.6 Å². The zero-order valence-corrected chi connectivity index (χ0v) is 18.1. The third kappa shape index (κ3) is 6.41. The first kappa shape index (κ1) is 22.2. The van der Waals surface area contributed by atoms with Crippen LogP contribution >= 0.6 is 24.0 Å². The first-order chi connectivity index (χ1) is 11.6. The number of sulfonamides is 1. The number of hydrogen-bond acceptors (Lipinski definition) is 3. The van der Waals surface area contributed by atoms with Gasteiger partial charge >= 0.3 is 0 Å². The molecule has 6 nitrogen and oxygen atoms in total. The van der Waals surface area contributed by atoms with Gasteiger partial charge in [0.05, 0.1) is 4.90 Å². The Morgan fingerprint density at radius 2 is 1.68 bits per heavy atom. The van der Waals surface area contributed by atoms with Gasteiger partial charge in [-0.3, -0.25) is 4.99 Å². The van der Waals surface area contributed by atoms with Gasteiger partial charge in [0.2, 0.25) is 10.0 Å². The number of aliphatic imine (C=N–C) groups is 1. The molecule has 8 heteroatoms. The predicted molar refractivity (Wildman–Crippen MR) is 113 cm³/mol. The molecule has 1 aliphatic rings. The standard InChI is InChI=1S/C17H28N4O2S.HI/c1-3-18-17(19-4-2)20-14-15-10-12-21(13-11-15)24(22,23)16-8-6-5-7-9-16;/h5-9,15H,3-4,10-14H2,1-2H3,(H2,18,19,20);1H. The van der Waals surface area contributed by atoms with E-state index < -0.39 is 10.0 Å². The maximum absolute atomic E-state index is 12.6. The Kier molecular flexibility index (Phi) is 9.73. The third-order valence-corrected chi connectivity index (χ3v) is 6.06. The van der Waals surface area contributed by atoms with Gasteiger partial charge in [-0.05, 0) is 44.7 Å². The van der Waals surface area contributed by atoms with Crippen molar-refractivity contribution < 1.29 is 8.42 Å². The molecule has 25 heavy (non-hydrogen) atoms. The Balaban J connectivity index is 0.00000312. The van der Waals surface area contributed by atoms with Gasteiger partial charge in [-0.25, -0.2) is 8.42 Å². The Morgan fingerprint density at radius 1 is 1.12 bits per heavy atom. The summed E-state index contributed by atoms with van der Waals surface area (Å²) in [5.41, 5.74) is 0. The number of rotatable bonds is 6. The van der Waals surface area contributed by atoms with Gasteiger partial charge in [-0.15, -0.1) is 24.0 Å². The summed E-state index contributed by atoms with van der Waals surface area (Å²) in [6.45, 7) is 7.61. The highest BCUT2D eigenvalue weighted by atomic mass is 127. The molecular weight excluding hydrogens is 451 g/mol. The summed E-state index contributed by atoms with van der Waals surface area (Å²) in [4.78, 5) is 4.98. The van der Waals surface area contributed by atoms with Crippen LogP contribution in [0.4, 0.5) is 0 Å². The molecule has 1 saturated heterocycles. The second-order valence-corrected chi connectivity index (χ2v) is 7.85. The molecule has 0 spiro atoms. The zero-order valence-electron chi connectivity index (χ0n) is 14.9. The summed E-state index contributed by atoms with van der Waals surface area (Å²) >= 11 is 0. The van der Waals surface area contributed by atoms with Gasteiger partial charge < -0.3 is 10.6 Å². The Hall–Kier alpha value is -0.870. The van der Waals surface area contributed by atoms with Gasteiger partial charge in [0.15, 0.2) is 5.96 Å². The highest BCUT2D eigenvalue weighted by molar-refractivity contribution is 14.0. The van der Waals surface area contributed by atoms with Gasteiger partial charge in [0.25, 0.3) is 0 Å².